The van der Waals surface area contributed by atoms with Gasteiger partial charge in [0.2, 0.25) is 5.91 Å². The number of amidine groups is 1. The van der Waals surface area contributed by atoms with E-state index in [1.54, 1.807) is 0 Å². The van der Waals surface area contributed by atoms with Crippen LogP contribution >= 0.6 is 0 Å². The van der Waals surface area contributed by atoms with Crippen LogP contribution in [0.1, 0.15) is 39.5 Å². The molecule has 1 saturated carbocycles. The van der Waals surface area contributed by atoms with Gasteiger partial charge in [-0.05, 0) is 32.7 Å². The van der Waals surface area contributed by atoms with Crippen molar-refractivity contribution in [3.05, 3.63) is 0 Å². The molecule has 0 heterocycles. The van der Waals surface area contributed by atoms with Crippen LogP contribution in [0, 0.1) is 5.41 Å². The number of amides is 1. The number of carbonyl (C=O) groups is 1. The summed E-state index contributed by atoms with van der Waals surface area (Å²) in [5.41, 5.74) is 4.80. The van der Waals surface area contributed by atoms with Crippen LogP contribution in [0.25, 0.3) is 0 Å². The van der Waals surface area contributed by atoms with Gasteiger partial charge in [0.1, 0.15) is 5.41 Å². The van der Waals surface area contributed by atoms with E-state index in [0.717, 1.165) is 6.54 Å². The molecule has 0 bridgehead atoms. The van der Waals surface area contributed by atoms with Crippen molar-refractivity contribution in [2.75, 3.05) is 20.1 Å². The summed E-state index contributed by atoms with van der Waals surface area (Å²) in [7, 11) is 2.07. The third kappa shape index (κ3) is 3.59. The Hall–Kier alpha value is -1.30. The zero-order valence-corrected chi connectivity index (χ0v) is 12.1. The Bertz CT molecular complexity index is 336. The highest BCUT2D eigenvalue weighted by atomic mass is 16.4. The second kappa shape index (κ2) is 6.75. The van der Waals surface area contributed by atoms with Crippen LogP contribution in [-0.4, -0.2) is 48.0 Å². The lowest BCUT2D eigenvalue weighted by atomic mass is 9.80. The van der Waals surface area contributed by atoms with Crippen LogP contribution in [0.4, 0.5) is 0 Å². The van der Waals surface area contributed by atoms with E-state index in [1.165, 1.54) is 12.8 Å². The Balaban J connectivity index is 2.52. The van der Waals surface area contributed by atoms with Crippen molar-refractivity contribution in [2.24, 2.45) is 16.3 Å². The van der Waals surface area contributed by atoms with E-state index in [4.69, 9.17) is 10.9 Å². The second-order valence-electron chi connectivity index (χ2n) is 5.24. The lowest BCUT2D eigenvalue weighted by Crippen LogP contribution is -2.50. The molecule has 0 atom stereocenters. The molecule has 0 spiro atoms. The van der Waals surface area contributed by atoms with Gasteiger partial charge >= 0.3 is 0 Å². The fourth-order valence-corrected chi connectivity index (χ4v) is 2.36. The van der Waals surface area contributed by atoms with Gasteiger partial charge in [0.15, 0.2) is 5.84 Å². The van der Waals surface area contributed by atoms with Crippen molar-refractivity contribution in [3.8, 4) is 0 Å². The summed E-state index contributed by atoms with van der Waals surface area (Å²) in [4.78, 5) is 14.5. The van der Waals surface area contributed by atoms with E-state index in [1.807, 2.05) is 13.8 Å². The summed E-state index contributed by atoms with van der Waals surface area (Å²) < 4.78 is 0. The van der Waals surface area contributed by atoms with E-state index < -0.39 is 5.41 Å². The average Bonchev–Trinajstić information content (AvgIpc) is 3.24. The second-order valence-corrected chi connectivity index (χ2v) is 5.24. The predicted molar refractivity (Wildman–Crippen MR) is 75.1 cm³/mol. The number of nitrogens with zero attached hydrogens (tertiary/aromatic N) is 2. The first-order valence-electron chi connectivity index (χ1n) is 6.98. The highest BCUT2D eigenvalue weighted by Crippen LogP contribution is 2.27. The van der Waals surface area contributed by atoms with Crippen LogP contribution in [0.3, 0.4) is 0 Å². The monoisotopic (exact) mass is 270 g/mol. The van der Waals surface area contributed by atoms with Gasteiger partial charge in [0.05, 0.1) is 0 Å². The van der Waals surface area contributed by atoms with Crippen LogP contribution < -0.4 is 11.1 Å². The fraction of sp³-hybridized carbons (Fsp3) is 0.846. The van der Waals surface area contributed by atoms with Crippen molar-refractivity contribution in [1.82, 2.24) is 10.2 Å². The lowest BCUT2D eigenvalue weighted by molar-refractivity contribution is -0.128. The Morgan fingerprint density at radius 1 is 1.47 bits per heavy atom. The number of hydrogen-bond acceptors (Lipinski definition) is 4. The maximum atomic E-state index is 12.3. The van der Waals surface area contributed by atoms with E-state index >= 15 is 0 Å². The molecule has 0 radical (unpaired) electrons. The molecule has 0 aliphatic heterocycles. The molecule has 0 saturated heterocycles. The maximum Gasteiger partial charge on any atom is 0.233 e. The lowest BCUT2D eigenvalue weighted by Gasteiger charge is -2.29. The number of oxime groups is 1. The number of rotatable bonds is 8. The summed E-state index contributed by atoms with van der Waals surface area (Å²) in [5.74, 6) is -0.164. The molecule has 0 aromatic carbocycles. The molecule has 4 N–H and O–H groups in total. The van der Waals surface area contributed by atoms with Gasteiger partial charge in [-0.3, -0.25) is 4.79 Å². The number of hydrogen-bond donors (Lipinski definition) is 3. The van der Waals surface area contributed by atoms with E-state index in [2.05, 4.69) is 22.4 Å². The molecule has 110 valence electrons. The Kier molecular flexibility index (Phi) is 5.60. The molecule has 1 amide bonds. The fourth-order valence-electron chi connectivity index (χ4n) is 2.36. The molecule has 1 rings (SSSR count). The van der Waals surface area contributed by atoms with Crippen molar-refractivity contribution < 1.29 is 10.0 Å². The van der Waals surface area contributed by atoms with Crippen molar-refractivity contribution >= 4 is 11.7 Å². The number of carbonyl (C=O) groups excluding carboxylic acids is 1. The van der Waals surface area contributed by atoms with Gasteiger partial charge in [-0.2, -0.15) is 0 Å². The van der Waals surface area contributed by atoms with Crippen LogP contribution in [0.5, 0.6) is 0 Å². The highest BCUT2D eigenvalue weighted by molar-refractivity contribution is 6.06. The SMILES string of the molecule is CCC(CC)(C(=O)NCCN(C)C1CC1)C(N)=NO. The van der Waals surface area contributed by atoms with E-state index in [0.29, 0.717) is 25.4 Å². The first-order valence-corrected chi connectivity index (χ1v) is 6.98. The van der Waals surface area contributed by atoms with Gasteiger partial charge in [0, 0.05) is 19.1 Å². The summed E-state index contributed by atoms with van der Waals surface area (Å²) in [6.07, 6.45) is 3.54. The Labute approximate surface area is 115 Å². The number of likely N-dealkylation sites (N-methyl/N-ethyl adjacent to an activating group) is 1. The summed E-state index contributed by atoms with van der Waals surface area (Å²) in [5, 5.41) is 14.8. The minimum absolute atomic E-state index is 0.00875. The van der Waals surface area contributed by atoms with Gasteiger partial charge in [-0.25, -0.2) is 0 Å². The van der Waals surface area contributed by atoms with Gasteiger partial charge < -0.3 is 21.2 Å². The molecule has 0 unspecified atom stereocenters. The number of nitrogens with one attached hydrogen (secondary N) is 1. The largest absolute Gasteiger partial charge is 0.409 e. The zero-order valence-electron chi connectivity index (χ0n) is 12.1. The minimum atomic E-state index is -0.896. The molecule has 6 heteroatoms. The standard InChI is InChI=1S/C13H26N4O2/c1-4-13(5-2,11(14)16-19)12(18)15-8-9-17(3)10-6-7-10/h10,19H,4-9H2,1-3H3,(H2,14,16)(H,15,18). The van der Waals surface area contributed by atoms with Crippen LogP contribution in [0.2, 0.25) is 0 Å². The molecule has 0 aromatic heterocycles. The minimum Gasteiger partial charge on any atom is -0.409 e. The average molecular weight is 270 g/mol. The number of nitrogens with two attached hydrogens (primary N) is 1. The van der Waals surface area contributed by atoms with E-state index in [9.17, 15) is 4.79 Å². The molecular weight excluding hydrogens is 244 g/mol. The zero-order chi connectivity index (χ0) is 14.5. The summed E-state index contributed by atoms with van der Waals surface area (Å²) in [6, 6.07) is 0.683. The predicted octanol–water partition coefficient (Wildman–Crippen LogP) is 0.750. The molecule has 6 nitrogen and oxygen atoms in total. The van der Waals surface area contributed by atoms with Gasteiger partial charge in [-0.1, -0.05) is 19.0 Å². The van der Waals surface area contributed by atoms with E-state index in [-0.39, 0.29) is 11.7 Å². The van der Waals surface area contributed by atoms with Gasteiger partial charge in [-0.15, -0.1) is 0 Å². The third-order valence-corrected chi connectivity index (χ3v) is 4.16. The van der Waals surface area contributed by atoms with Crippen LogP contribution in [-0.2, 0) is 4.79 Å². The van der Waals surface area contributed by atoms with Crippen LogP contribution in [0.15, 0.2) is 5.16 Å². The molecule has 1 aliphatic rings. The molecule has 1 aliphatic carbocycles. The highest BCUT2D eigenvalue weighted by Gasteiger charge is 2.39. The van der Waals surface area contributed by atoms with Crippen molar-refractivity contribution in [2.45, 2.75) is 45.6 Å². The summed E-state index contributed by atoms with van der Waals surface area (Å²) in [6.45, 7) is 5.16. The third-order valence-electron chi connectivity index (χ3n) is 4.16. The maximum absolute atomic E-state index is 12.3. The first-order chi connectivity index (χ1) is 9.01. The first kappa shape index (κ1) is 15.8. The molecule has 0 aromatic rings. The Morgan fingerprint density at radius 2 is 2.05 bits per heavy atom. The smallest absolute Gasteiger partial charge is 0.233 e. The van der Waals surface area contributed by atoms with Crippen molar-refractivity contribution in [1.29, 1.82) is 0 Å². The normalized spacial score (nSPS) is 16.7. The summed E-state index contributed by atoms with van der Waals surface area (Å²) >= 11 is 0. The Morgan fingerprint density at radius 3 is 2.47 bits per heavy atom. The molecule has 1 fully saturated rings. The van der Waals surface area contributed by atoms with Gasteiger partial charge in [0.25, 0.3) is 0 Å². The molecule has 19 heavy (non-hydrogen) atoms. The molecular formula is C13H26N4O2. The topological polar surface area (TPSA) is 91.0 Å². The quantitative estimate of drug-likeness (QED) is 0.263. The van der Waals surface area contributed by atoms with Crippen molar-refractivity contribution in [3.63, 3.8) is 0 Å².